The summed E-state index contributed by atoms with van der Waals surface area (Å²) in [4.78, 5) is 8.74. The van der Waals surface area contributed by atoms with Crippen LogP contribution in [0, 0.1) is 0 Å². The SMILES string of the molecule is CCc1cc(Cl)nc(Cc2ccc(OC)c(OC)c2)n1. The van der Waals surface area contributed by atoms with Crippen molar-refractivity contribution in [1.82, 2.24) is 9.97 Å². The van der Waals surface area contributed by atoms with Crippen LogP contribution in [0.5, 0.6) is 11.5 Å². The standard InChI is InChI=1S/C15H17ClN2O2/c1-4-11-9-14(16)18-15(17-11)8-10-5-6-12(19-2)13(7-10)20-3/h5-7,9H,4,8H2,1-3H3. The van der Waals surface area contributed by atoms with Crippen molar-refractivity contribution in [3.63, 3.8) is 0 Å². The zero-order valence-corrected chi connectivity index (χ0v) is 12.6. The van der Waals surface area contributed by atoms with Crippen molar-refractivity contribution in [2.75, 3.05) is 14.2 Å². The van der Waals surface area contributed by atoms with Crippen LogP contribution in [0.1, 0.15) is 24.0 Å². The highest BCUT2D eigenvalue weighted by atomic mass is 35.5. The maximum Gasteiger partial charge on any atom is 0.161 e. The van der Waals surface area contributed by atoms with Crippen molar-refractivity contribution in [2.45, 2.75) is 19.8 Å². The van der Waals surface area contributed by atoms with Gasteiger partial charge in [-0.15, -0.1) is 0 Å². The fraction of sp³-hybridized carbons (Fsp3) is 0.333. The van der Waals surface area contributed by atoms with Gasteiger partial charge in [-0.2, -0.15) is 0 Å². The highest BCUT2D eigenvalue weighted by molar-refractivity contribution is 6.29. The molecule has 0 spiro atoms. The molecule has 5 heteroatoms. The predicted octanol–water partition coefficient (Wildman–Crippen LogP) is 3.30. The molecule has 4 nitrogen and oxygen atoms in total. The van der Waals surface area contributed by atoms with Crippen molar-refractivity contribution in [3.8, 4) is 11.5 Å². The van der Waals surface area contributed by atoms with Crippen LogP contribution in [0.2, 0.25) is 5.15 Å². The van der Waals surface area contributed by atoms with E-state index >= 15 is 0 Å². The molecule has 106 valence electrons. The first-order valence-corrected chi connectivity index (χ1v) is 6.77. The van der Waals surface area contributed by atoms with E-state index in [2.05, 4.69) is 9.97 Å². The van der Waals surface area contributed by atoms with Crippen LogP contribution < -0.4 is 9.47 Å². The molecule has 0 saturated heterocycles. The van der Waals surface area contributed by atoms with Crippen LogP contribution in [-0.4, -0.2) is 24.2 Å². The minimum absolute atomic E-state index is 0.479. The first-order valence-electron chi connectivity index (χ1n) is 6.39. The van der Waals surface area contributed by atoms with Gasteiger partial charge >= 0.3 is 0 Å². The molecule has 1 heterocycles. The number of rotatable bonds is 5. The summed E-state index contributed by atoms with van der Waals surface area (Å²) in [6.45, 7) is 2.04. The highest BCUT2D eigenvalue weighted by Gasteiger charge is 2.08. The summed E-state index contributed by atoms with van der Waals surface area (Å²) in [6, 6.07) is 7.56. The summed E-state index contributed by atoms with van der Waals surface area (Å²) in [5, 5.41) is 0.479. The number of halogens is 1. The second-order valence-corrected chi connectivity index (χ2v) is 4.71. The first-order chi connectivity index (χ1) is 9.66. The summed E-state index contributed by atoms with van der Waals surface area (Å²) in [5.74, 6) is 2.11. The molecule has 1 aromatic carbocycles. The van der Waals surface area contributed by atoms with E-state index in [1.807, 2.05) is 25.1 Å². The lowest BCUT2D eigenvalue weighted by Gasteiger charge is -2.09. The van der Waals surface area contributed by atoms with Gasteiger partial charge in [0.15, 0.2) is 11.5 Å². The first kappa shape index (κ1) is 14.6. The number of hydrogen-bond acceptors (Lipinski definition) is 4. The average Bonchev–Trinajstić information content (AvgIpc) is 2.46. The maximum atomic E-state index is 6.01. The molecule has 0 unspecified atom stereocenters. The van der Waals surface area contributed by atoms with E-state index in [1.54, 1.807) is 20.3 Å². The van der Waals surface area contributed by atoms with E-state index in [9.17, 15) is 0 Å². The number of ether oxygens (including phenoxy) is 2. The van der Waals surface area contributed by atoms with Gasteiger partial charge in [-0.25, -0.2) is 9.97 Å². The number of aromatic nitrogens is 2. The van der Waals surface area contributed by atoms with Crippen LogP contribution in [0.3, 0.4) is 0 Å². The fourth-order valence-electron chi connectivity index (χ4n) is 1.95. The Labute approximate surface area is 123 Å². The van der Waals surface area contributed by atoms with E-state index in [4.69, 9.17) is 21.1 Å². The largest absolute Gasteiger partial charge is 0.493 e. The quantitative estimate of drug-likeness (QED) is 0.793. The summed E-state index contributed by atoms with van der Waals surface area (Å²) in [6.07, 6.45) is 1.44. The molecule has 0 atom stereocenters. The molecule has 0 aliphatic rings. The Hall–Kier alpha value is -1.81. The number of benzene rings is 1. The molecule has 0 radical (unpaired) electrons. The van der Waals surface area contributed by atoms with Crippen LogP contribution in [0.25, 0.3) is 0 Å². The Morgan fingerprint density at radius 3 is 2.45 bits per heavy atom. The molecular formula is C15H17ClN2O2. The third-order valence-corrected chi connectivity index (χ3v) is 3.16. The zero-order valence-electron chi connectivity index (χ0n) is 11.8. The number of methoxy groups -OCH3 is 2. The van der Waals surface area contributed by atoms with Crippen LogP contribution in [-0.2, 0) is 12.8 Å². The summed E-state index contributed by atoms with van der Waals surface area (Å²) in [5.41, 5.74) is 1.99. The second-order valence-electron chi connectivity index (χ2n) is 4.32. The Kier molecular flexibility index (Phi) is 4.79. The Morgan fingerprint density at radius 1 is 1.05 bits per heavy atom. The smallest absolute Gasteiger partial charge is 0.161 e. The van der Waals surface area contributed by atoms with Crippen LogP contribution >= 0.6 is 11.6 Å². The third-order valence-electron chi connectivity index (χ3n) is 2.97. The summed E-state index contributed by atoms with van der Waals surface area (Å²) >= 11 is 6.01. The van der Waals surface area contributed by atoms with Gasteiger partial charge in [-0.1, -0.05) is 24.6 Å². The van der Waals surface area contributed by atoms with Crippen molar-refractivity contribution in [2.24, 2.45) is 0 Å². The number of aryl methyl sites for hydroxylation is 1. The topological polar surface area (TPSA) is 44.2 Å². The molecule has 0 aliphatic heterocycles. The molecule has 2 rings (SSSR count). The van der Waals surface area contributed by atoms with Gasteiger partial charge in [-0.3, -0.25) is 0 Å². The van der Waals surface area contributed by atoms with E-state index in [0.29, 0.717) is 28.9 Å². The zero-order chi connectivity index (χ0) is 14.5. The molecule has 20 heavy (non-hydrogen) atoms. The van der Waals surface area contributed by atoms with Gasteiger partial charge < -0.3 is 9.47 Å². The van der Waals surface area contributed by atoms with Gasteiger partial charge in [0.1, 0.15) is 11.0 Å². The van der Waals surface area contributed by atoms with Gasteiger partial charge in [0.2, 0.25) is 0 Å². The minimum Gasteiger partial charge on any atom is -0.493 e. The van der Waals surface area contributed by atoms with E-state index < -0.39 is 0 Å². The van der Waals surface area contributed by atoms with Crippen molar-refractivity contribution >= 4 is 11.6 Å². The van der Waals surface area contributed by atoms with Crippen molar-refractivity contribution < 1.29 is 9.47 Å². The highest BCUT2D eigenvalue weighted by Crippen LogP contribution is 2.28. The molecule has 0 saturated carbocycles. The van der Waals surface area contributed by atoms with Crippen molar-refractivity contribution in [1.29, 1.82) is 0 Å². The summed E-state index contributed by atoms with van der Waals surface area (Å²) < 4.78 is 10.5. The van der Waals surface area contributed by atoms with E-state index in [1.165, 1.54) is 0 Å². The molecule has 0 fully saturated rings. The molecule has 0 N–H and O–H groups in total. The molecule has 0 amide bonds. The maximum absolute atomic E-state index is 6.01. The average molecular weight is 293 g/mol. The Bertz CT molecular complexity index is 602. The number of nitrogens with zero attached hydrogens (tertiary/aromatic N) is 2. The van der Waals surface area contributed by atoms with E-state index in [-0.39, 0.29) is 0 Å². The monoisotopic (exact) mass is 292 g/mol. The predicted molar refractivity (Wildman–Crippen MR) is 78.8 cm³/mol. The fourth-order valence-corrected chi connectivity index (χ4v) is 2.17. The third kappa shape index (κ3) is 3.39. The molecule has 0 bridgehead atoms. The van der Waals surface area contributed by atoms with Crippen LogP contribution in [0.4, 0.5) is 0 Å². The Balaban J connectivity index is 2.27. The van der Waals surface area contributed by atoms with Crippen molar-refractivity contribution in [3.05, 3.63) is 46.5 Å². The molecule has 2 aromatic rings. The lowest BCUT2D eigenvalue weighted by Crippen LogP contribution is -2.01. The normalized spacial score (nSPS) is 10.4. The molecule has 1 aromatic heterocycles. The molecular weight excluding hydrogens is 276 g/mol. The van der Waals surface area contributed by atoms with E-state index in [0.717, 1.165) is 17.7 Å². The number of hydrogen-bond donors (Lipinski definition) is 0. The minimum atomic E-state index is 0.479. The van der Waals surface area contributed by atoms with Crippen LogP contribution in [0.15, 0.2) is 24.3 Å². The lowest BCUT2D eigenvalue weighted by molar-refractivity contribution is 0.354. The Morgan fingerprint density at radius 2 is 1.80 bits per heavy atom. The molecule has 0 aliphatic carbocycles. The summed E-state index contributed by atoms with van der Waals surface area (Å²) in [7, 11) is 3.23. The van der Waals surface area contributed by atoms with Gasteiger partial charge in [0.25, 0.3) is 0 Å². The van der Waals surface area contributed by atoms with Gasteiger partial charge in [0, 0.05) is 12.1 Å². The van der Waals surface area contributed by atoms with Gasteiger partial charge in [0.05, 0.1) is 14.2 Å². The second kappa shape index (κ2) is 6.57. The lowest BCUT2D eigenvalue weighted by atomic mass is 10.1. The van der Waals surface area contributed by atoms with Gasteiger partial charge in [-0.05, 0) is 30.2 Å².